The number of aryl methyl sites for hydroxylation is 1. The summed E-state index contributed by atoms with van der Waals surface area (Å²) >= 11 is 0. The molecule has 1 unspecified atom stereocenters. The lowest BCUT2D eigenvalue weighted by molar-refractivity contribution is -0.145. The molecule has 1 atom stereocenters. The first-order valence-electron chi connectivity index (χ1n) is 6.26. The molecule has 1 saturated heterocycles. The van der Waals surface area contributed by atoms with Crippen LogP contribution in [0.2, 0.25) is 0 Å². The van der Waals surface area contributed by atoms with Gasteiger partial charge >= 0.3 is 0 Å². The summed E-state index contributed by atoms with van der Waals surface area (Å²) in [6.07, 6.45) is 1.00. The molecular formula is C14H18N2O2. The number of nitrogens with zero attached hydrogens (tertiary/aromatic N) is 1. The van der Waals surface area contributed by atoms with Gasteiger partial charge in [-0.2, -0.15) is 0 Å². The number of rotatable bonds is 3. The maximum absolute atomic E-state index is 11.8. The number of benzene rings is 1. The molecule has 0 saturated carbocycles. The third-order valence-corrected chi connectivity index (χ3v) is 3.37. The topological polar surface area (TPSA) is 49.4 Å². The number of carbonyl (C=O) groups is 2. The molecule has 0 aliphatic carbocycles. The summed E-state index contributed by atoms with van der Waals surface area (Å²) in [5.74, 6) is -0.110. The molecule has 0 spiro atoms. The van der Waals surface area contributed by atoms with Crippen LogP contribution >= 0.6 is 0 Å². The fraction of sp³-hybridized carbons (Fsp3) is 0.429. The maximum atomic E-state index is 11.8. The van der Waals surface area contributed by atoms with Crippen LogP contribution in [0, 0.1) is 0 Å². The Balaban J connectivity index is 2.11. The summed E-state index contributed by atoms with van der Waals surface area (Å²) in [5.41, 5.74) is 2.33. The summed E-state index contributed by atoms with van der Waals surface area (Å²) in [6.45, 7) is 4.47. The Morgan fingerprint density at radius 1 is 1.22 bits per heavy atom. The lowest BCUT2D eigenvalue weighted by Crippen LogP contribution is -2.56. The van der Waals surface area contributed by atoms with E-state index in [1.165, 1.54) is 5.56 Å². The molecule has 1 heterocycles. The Morgan fingerprint density at radius 2 is 1.83 bits per heavy atom. The molecule has 2 rings (SSSR count). The van der Waals surface area contributed by atoms with Crippen LogP contribution in [0.25, 0.3) is 0 Å². The Kier molecular flexibility index (Phi) is 3.65. The van der Waals surface area contributed by atoms with Gasteiger partial charge in [0.15, 0.2) is 0 Å². The van der Waals surface area contributed by atoms with Crippen LogP contribution < -0.4 is 5.32 Å². The molecule has 0 aromatic heterocycles. The Bertz CT molecular complexity index is 453. The van der Waals surface area contributed by atoms with E-state index in [9.17, 15) is 9.59 Å². The summed E-state index contributed by atoms with van der Waals surface area (Å²) in [6, 6.07) is 7.77. The molecule has 96 valence electrons. The standard InChI is InChI=1S/C14H18N2O2/c1-3-11-4-6-12(7-5-11)9-16-10(2)14(18)15-8-13(16)17/h4-7,10H,3,8-9H2,1-2H3,(H,15,18). The van der Waals surface area contributed by atoms with Crippen molar-refractivity contribution >= 4 is 11.8 Å². The van der Waals surface area contributed by atoms with Crippen molar-refractivity contribution in [3.63, 3.8) is 0 Å². The van der Waals surface area contributed by atoms with Gasteiger partial charge in [0, 0.05) is 6.54 Å². The first-order chi connectivity index (χ1) is 8.61. The van der Waals surface area contributed by atoms with E-state index in [1.54, 1.807) is 11.8 Å². The van der Waals surface area contributed by atoms with Gasteiger partial charge < -0.3 is 10.2 Å². The lowest BCUT2D eigenvalue weighted by atomic mass is 10.1. The highest BCUT2D eigenvalue weighted by Crippen LogP contribution is 2.13. The van der Waals surface area contributed by atoms with E-state index in [4.69, 9.17) is 0 Å². The number of nitrogens with one attached hydrogen (secondary N) is 1. The lowest BCUT2D eigenvalue weighted by Gasteiger charge is -2.32. The zero-order chi connectivity index (χ0) is 13.1. The fourth-order valence-electron chi connectivity index (χ4n) is 2.07. The predicted octanol–water partition coefficient (Wildman–Crippen LogP) is 1.10. The zero-order valence-corrected chi connectivity index (χ0v) is 10.8. The van der Waals surface area contributed by atoms with Crippen molar-refractivity contribution in [2.75, 3.05) is 6.54 Å². The Morgan fingerprint density at radius 3 is 2.44 bits per heavy atom. The average Bonchev–Trinajstić information content (AvgIpc) is 2.40. The molecule has 1 aromatic carbocycles. The monoisotopic (exact) mass is 246 g/mol. The Hall–Kier alpha value is -1.84. The van der Waals surface area contributed by atoms with Crippen LogP contribution in [0.3, 0.4) is 0 Å². The SMILES string of the molecule is CCc1ccc(CN2C(=O)CNC(=O)C2C)cc1. The normalized spacial score (nSPS) is 19.9. The highest BCUT2D eigenvalue weighted by Gasteiger charge is 2.30. The van der Waals surface area contributed by atoms with E-state index in [-0.39, 0.29) is 18.4 Å². The first-order valence-corrected chi connectivity index (χ1v) is 6.26. The van der Waals surface area contributed by atoms with Crippen molar-refractivity contribution in [2.45, 2.75) is 32.9 Å². The van der Waals surface area contributed by atoms with Crippen LogP contribution in [0.5, 0.6) is 0 Å². The second-order valence-corrected chi connectivity index (χ2v) is 4.59. The molecule has 1 N–H and O–H groups in total. The number of amides is 2. The predicted molar refractivity (Wildman–Crippen MR) is 68.8 cm³/mol. The minimum absolute atomic E-state index is 0.0262. The number of hydrogen-bond donors (Lipinski definition) is 1. The van der Waals surface area contributed by atoms with Crippen LogP contribution in [-0.4, -0.2) is 29.3 Å². The van der Waals surface area contributed by atoms with E-state index in [1.807, 2.05) is 12.1 Å². The summed E-state index contributed by atoms with van der Waals surface area (Å²) in [4.78, 5) is 24.9. The van der Waals surface area contributed by atoms with E-state index >= 15 is 0 Å². The molecule has 1 fully saturated rings. The summed E-state index contributed by atoms with van der Waals surface area (Å²) < 4.78 is 0. The van der Waals surface area contributed by atoms with Crippen LogP contribution in [0.1, 0.15) is 25.0 Å². The largest absolute Gasteiger partial charge is 0.345 e. The third-order valence-electron chi connectivity index (χ3n) is 3.37. The fourth-order valence-corrected chi connectivity index (χ4v) is 2.07. The molecule has 18 heavy (non-hydrogen) atoms. The van der Waals surface area contributed by atoms with E-state index in [0.717, 1.165) is 12.0 Å². The van der Waals surface area contributed by atoms with Crippen LogP contribution in [0.4, 0.5) is 0 Å². The van der Waals surface area contributed by atoms with Crippen molar-refractivity contribution in [2.24, 2.45) is 0 Å². The Labute approximate surface area is 107 Å². The van der Waals surface area contributed by atoms with Crippen molar-refractivity contribution in [1.29, 1.82) is 0 Å². The first kappa shape index (κ1) is 12.6. The van der Waals surface area contributed by atoms with Crippen molar-refractivity contribution in [3.05, 3.63) is 35.4 Å². The summed E-state index contributed by atoms with van der Waals surface area (Å²) in [7, 11) is 0. The molecule has 4 heteroatoms. The maximum Gasteiger partial charge on any atom is 0.242 e. The van der Waals surface area contributed by atoms with Crippen molar-refractivity contribution in [3.8, 4) is 0 Å². The molecule has 0 bridgehead atoms. The van der Waals surface area contributed by atoms with Crippen molar-refractivity contribution < 1.29 is 9.59 Å². The number of piperazine rings is 1. The highest BCUT2D eigenvalue weighted by atomic mass is 16.2. The van der Waals surface area contributed by atoms with E-state index < -0.39 is 6.04 Å². The van der Waals surface area contributed by atoms with Gasteiger partial charge in [0.1, 0.15) is 6.04 Å². The second kappa shape index (κ2) is 5.21. The molecule has 0 radical (unpaired) electrons. The smallest absolute Gasteiger partial charge is 0.242 e. The van der Waals surface area contributed by atoms with Gasteiger partial charge in [-0.05, 0) is 24.5 Å². The minimum Gasteiger partial charge on any atom is -0.345 e. The van der Waals surface area contributed by atoms with E-state index in [0.29, 0.717) is 6.54 Å². The molecule has 1 aromatic rings. The van der Waals surface area contributed by atoms with Gasteiger partial charge in [-0.25, -0.2) is 0 Å². The average molecular weight is 246 g/mol. The molecule has 2 amide bonds. The zero-order valence-electron chi connectivity index (χ0n) is 10.8. The van der Waals surface area contributed by atoms with E-state index in [2.05, 4.69) is 24.4 Å². The second-order valence-electron chi connectivity index (χ2n) is 4.59. The minimum atomic E-state index is -0.392. The molecule has 4 nitrogen and oxygen atoms in total. The molecule has 1 aliphatic rings. The number of hydrogen-bond acceptors (Lipinski definition) is 2. The van der Waals surface area contributed by atoms with Gasteiger partial charge in [0.2, 0.25) is 11.8 Å². The van der Waals surface area contributed by atoms with Gasteiger partial charge in [-0.15, -0.1) is 0 Å². The van der Waals surface area contributed by atoms with Gasteiger partial charge in [0.25, 0.3) is 0 Å². The van der Waals surface area contributed by atoms with Crippen LogP contribution in [-0.2, 0) is 22.6 Å². The molecular weight excluding hydrogens is 228 g/mol. The third kappa shape index (κ3) is 2.53. The quantitative estimate of drug-likeness (QED) is 0.868. The van der Waals surface area contributed by atoms with Gasteiger partial charge in [-0.1, -0.05) is 31.2 Å². The number of carbonyl (C=O) groups excluding carboxylic acids is 2. The van der Waals surface area contributed by atoms with Crippen LogP contribution in [0.15, 0.2) is 24.3 Å². The van der Waals surface area contributed by atoms with Gasteiger partial charge in [0.05, 0.1) is 6.54 Å². The van der Waals surface area contributed by atoms with Gasteiger partial charge in [-0.3, -0.25) is 9.59 Å². The van der Waals surface area contributed by atoms with Crippen molar-refractivity contribution in [1.82, 2.24) is 10.2 Å². The highest BCUT2D eigenvalue weighted by molar-refractivity contribution is 5.94. The molecule has 1 aliphatic heterocycles. The summed E-state index contributed by atoms with van der Waals surface area (Å²) in [5, 5.41) is 2.59.